The van der Waals surface area contributed by atoms with Crippen molar-refractivity contribution in [2.45, 2.75) is 44.9 Å². The van der Waals surface area contributed by atoms with Crippen molar-refractivity contribution in [3.05, 3.63) is 0 Å². The lowest BCUT2D eigenvalue weighted by atomic mass is 9.87. The number of hydrogen-bond acceptors (Lipinski definition) is 2. The van der Waals surface area contributed by atoms with E-state index in [0.29, 0.717) is 11.7 Å². The van der Waals surface area contributed by atoms with Gasteiger partial charge >= 0.3 is 0 Å². The fourth-order valence-electron chi connectivity index (χ4n) is 2.70. The normalized spacial score (nSPS) is 28.5. The zero-order chi connectivity index (χ0) is 9.80. The first-order chi connectivity index (χ1) is 6.86. The van der Waals surface area contributed by atoms with E-state index in [1.54, 1.807) is 0 Å². The van der Waals surface area contributed by atoms with E-state index in [1.807, 2.05) is 0 Å². The summed E-state index contributed by atoms with van der Waals surface area (Å²) in [6.07, 6.45) is 8.45. The third-order valence-electron chi connectivity index (χ3n) is 3.61. The molecule has 1 saturated carbocycles. The maximum Gasteiger partial charge on any atom is 0.137 e. The highest BCUT2D eigenvalue weighted by molar-refractivity contribution is 5.81. The van der Waals surface area contributed by atoms with Crippen molar-refractivity contribution in [3.63, 3.8) is 0 Å². The van der Waals surface area contributed by atoms with Gasteiger partial charge in [0.25, 0.3) is 0 Å². The lowest BCUT2D eigenvalue weighted by Crippen LogP contribution is -3.00. The largest absolute Gasteiger partial charge is 1.00 e. The summed E-state index contributed by atoms with van der Waals surface area (Å²) in [6.45, 7) is 3.51. The van der Waals surface area contributed by atoms with Crippen LogP contribution >= 0.6 is 0 Å². The van der Waals surface area contributed by atoms with Gasteiger partial charge in [-0.25, -0.2) is 0 Å². The van der Waals surface area contributed by atoms with Crippen molar-refractivity contribution >= 4 is 5.78 Å². The summed E-state index contributed by atoms with van der Waals surface area (Å²) in [4.78, 5) is 14.1. The summed E-state index contributed by atoms with van der Waals surface area (Å²) < 4.78 is 0. The van der Waals surface area contributed by atoms with Crippen LogP contribution in [0.1, 0.15) is 44.9 Å². The molecule has 2 rings (SSSR count). The lowest BCUT2D eigenvalue weighted by molar-refractivity contribution is -0.125. The molecule has 1 saturated heterocycles. The molecule has 0 bridgehead atoms. The highest BCUT2D eigenvalue weighted by Crippen LogP contribution is 2.22. The van der Waals surface area contributed by atoms with Crippen LogP contribution in [0.4, 0.5) is 0 Å². The SMILES string of the molecule is O=C1CCCCC1CN1CCCCC1.[Cl-]. The van der Waals surface area contributed by atoms with Crippen molar-refractivity contribution in [2.24, 2.45) is 5.92 Å². The average Bonchev–Trinajstić information content (AvgIpc) is 2.23. The zero-order valence-electron chi connectivity index (χ0n) is 9.38. The standard InChI is InChI=1S/C12H21NO.ClH/c14-12-7-3-2-6-11(12)10-13-8-4-1-5-9-13;/h11H,1-10H2;1H/p-1. The highest BCUT2D eigenvalue weighted by Gasteiger charge is 2.24. The smallest absolute Gasteiger partial charge is 0.137 e. The van der Waals surface area contributed by atoms with E-state index >= 15 is 0 Å². The molecular formula is C12H21ClNO-. The van der Waals surface area contributed by atoms with Gasteiger partial charge in [-0.1, -0.05) is 12.8 Å². The Bertz CT molecular complexity index is 202. The Morgan fingerprint density at radius 3 is 2.47 bits per heavy atom. The molecular weight excluding hydrogens is 210 g/mol. The Kier molecular flexibility index (Phi) is 5.62. The molecule has 15 heavy (non-hydrogen) atoms. The summed E-state index contributed by atoms with van der Waals surface area (Å²) in [6, 6.07) is 0. The van der Waals surface area contributed by atoms with Crippen LogP contribution in [0, 0.1) is 5.92 Å². The first-order valence-corrected chi connectivity index (χ1v) is 6.11. The van der Waals surface area contributed by atoms with E-state index < -0.39 is 0 Å². The summed E-state index contributed by atoms with van der Waals surface area (Å²) in [5.74, 6) is 0.906. The minimum Gasteiger partial charge on any atom is -1.00 e. The predicted octanol–water partition coefficient (Wildman–Crippen LogP) is -0.764. The van der Waals surface area contributed by atoms with Crippen LogP contribution in [-0.2, 0) is 4.79 Å². The fraction of sp³-hybridized carbons (Fsp3) is 0.917. The minimum atomic E-state index is 0. The molecule has 0 radical (unpaired) electrons. The van der Waals surface area contributed by atoms with Gasteiger partial charge in [0.15, 0.2) is 0 Å². The van der Waals surface area contributed by atoms with Crippen LogP contribution in [0.3, 0.4) is 0 Å². The van der Waals surface area contributed by atoms with Gasteiger partial charge in [-0.15, -0.1) is 0 Å². The van der Waals surface area contributed by atoms with Crippen molar-refractivity contribution in [1.82, 2.24) is 4.90 Å². The topological polar surface area (TPSA) is 20.3 Å². The first-order valence-electron chi connectivity index (χ1n) is 6.11. The van der Waals surface area contributed by atoms with Gasteiger partial charge in [-0.2, -0.15) is 0 Å². The molecule has 1 aliphatic heterocycles. The number of Topliss-reactive ketones (excluding diaryl/α,β-unsaturated/α-hetero) is 1. The second-order valence-electron chi connectivity index (χ2n) is 4.77. The molecule has 0 amide bonds. The van der Waals surface area contributed by atoms with Crippen LogP contribution in [-0.4, -0.2) is 30.3 Å². The maximum absolute atomic E-state index is 11.6. The van der Waals surface area contributed by atoms with Gasteiger partial charge in [-0.3, -0.25) is 4.79 Å². The number of ketones is 1. The second-order valence-corrected chi connectivity index (χ2v) is 4.77. The molecule has 88 valence electrons. The number of rotatable bonds is 2. The average molecular weight is 231 g/mol. The molecule has 0 aromatic heterocycles. The van der Waals surface area contributed by atoms with Crippen LogP contribution in [0.25, 0.3) is 0 Å². The molecule has 2 fully saturated rings. The Balaban J connectivity index is 0.00000112. The molecule has 3 heteroatoms. The molecule has 1 unspecified atom stereocenters. The third-order valence-corrected chi connectivity index (χ3v) is 3.61. The molecule has 1 aliphatic carbocycles. The van der Waals surface area contributed by atoms with Crippen LogP contribution in [0.5, 0.6) is 0 Å². The summed E-state index contributed by atoms with van der Waals surface area (Å²) in [5, 5.41) is 0. The molecule has 0 N–H and O–H groups in total. The highest BCUT2D eigenvalue weighted by atomic mass is 35.5. The quantitative estimate of drug-likeness (QED) is 0.622. The molecule has 0 spiro atoms. The van der Waals surface area contributed by atoms with Crippen molar-refractivity contribution in [3.8, 4) is 0 Å². The molecule has 1 atom stereocenters. The van der Waals surface area contributed by atoms with Gasteiger partial charge in [0.1, 0.15) is 5.78 Å². The Hall–Kier alpha value is -0.0800. The zero-order valence-corrected chi connectivity index (χ0v) is 10.1. The van der Waals surface area contributed by atoms with E-state index in [9.17, 15) is 4.79 Å². The van der Waals surface area contributed by atoms with Crippen LogP contribution in [0.2, 0.25) is 0 Å². The monoisotopic (exact) mass is 230 g/mol. The molecule has 0 aromatic rings. The maximum atomic E-state index is 11.6. The Morgan fingerprint density at radius 2 is 1.80 bits per heavy atom. The van der Waals surface area contributed by atoms with E-state index in [1.165, 1.54) is 38.8 Å². The van der Waals surface area contributed by atoms with E-state index in [4.69, 9.17) is 0 Å². The van der Waals surface area contributed by atoms with Crippen LogP contribution < -0.4 is 12.4 Å². The number of carbonyl (C=O) groups is 1. The van der Waals surface area contributed by atoms with E-state index in [0.717, 1.165) is 25.8 Å². The van der Waals surface area contributed by atoms with E-state index in [2.05, 4.69) is 4.90 Å². The number of hydrogen-bond donors (Lipinski definition) is 0. The summed E-state index contributed by atoms with van der Waals surface area (Å²) in [7, 11) is 0. The fourth-order valence-corrected chi connectivity index (χ4v) is 2.70. The van der Waals surface area contributed by atoms with Crippen molar-refractivity contribution in [2.75, 3.05) is 19.6 Å². The number of likely N-dealkylation sites (tertiary alicyclic amines) is 1. The van der Waals surface area contributed by atoms with Gasteiger partial charge in [0, 0.05) is 18.9 Å². The van der Waals surface area contributed by atoms with Crippen LogP contribution in [0.15, 0.2) is 0 Å². The predicted molar refractivity (Wildman–Crippen MR) is 57.3 cm³/mol. The van der Waals surface area contributed by atoms with Crippen molar-refractivity contribution in [1.29, 1.82) is 0 Å². The van der Waals surface area contributed by atoms with Gasteiger partial charge in [-0.05, 0) is 38.8 Å². The van der Waals surface area contributed by atoms with Gasteiger partial charge in [0.2, 0.25) is 0 Å². The van der Waals surface area contributed by atoms with Crippen molar-refractivity contribution < 1.29 is 17.2 Å². The van der Waals surface area contributed by atoms with Gasteiger partial charge < -0.3 is 17.3 Å². The number of carbonyl (C=O) groups excluding carboxylic acids is 1. The molecule has 2 nitrogen and oxygen atoms in total. The number of nitrogens with zero attached hydrogens (tertiary/aromatic N) is 1. The van der Waals surface area contributed by atoms with Gasteiger partial charge in [0.05, 0.1) is 0 Å². The van der Waals surface area contributed by atoms with E-state index in [-0.39, 0.29) is 12.4 Å². The summed E-state index contributed by atoms with van der Waals surface area (Å²) in [5.41, 5.74) is 0. The molecule has 2 aliphatic rings. The molecule has 0 aromatic carbocycles. The summed E-state index contributed by atoms with van der Waals surface area (Å²) >= 11 is 0. The molecule has 1 heterocycles. The Morgan fingerprint density at radius 1 is 1.07 bits per heavy atom. The second kappa shape index (κ2) is 6.49. The minimum absolute atomic E-state index is 0. The number of halogens is 1. The Labute approximate surface area is 98.8 Å². The first kappa shape index (κ1) is 13.0. The number of piperidine rings is 1. The lowest BCUT2D eigenvalue weighted by Gasteiger charge is -2.31. The third kappa shape index (κ3) is 3.76.